The maximum atomic E-state index is 13.1. The number of hydrogen-bond donors (Lipinski definition) is 1. The van der Waals surface area contributed by atoms with E-state index >= 15 is 0 Å². The van der Waals surface area contributed by atoms with Crippen LogP contribution in [0, 0.1) is 5.82 Å². The third-order valence-electron chi connectivity index (χ3n) is 3.17. The van der Waals surface area contributed by atoms with Crippen LogP contribution in [-0.4, -0.2) is 33.3 Å². The summed E-state index contributed by atoms with van der Waals surface area (Å²) in [5.74, 6) is 0.808. The third kappa shape index (κ3) is 2.24. The normalized spacial score (nSPS) is 16.9. The van der Waals surface area contributed by atoms with Gasteiger partial charge in [0.05, 0.1) is 5.69 Å². The summed E-state index contributed by atoms with van der Waals surface area (Å²) in [6.45, 7) is 1.97. The maximum absolute atomic E-state index is 13.1. The molecule has 1 aromatic heterocycles. The van der Waals surface area contributed by atoms with Crippen molar-refractivity contribution in [1.29, 1.82) is 0 Å². The first-order chi connectivity index (χ1) is 8.83. The molecule has 18 heavy (non-hydrogen) atoms. The molecule has 6 heteroatoms. The summed E-state index contributed by atoms with van der Waals surface area (Å²) < 4.78 is 13.1. The van der Waals surface area contributed by atoms with Crippen molar-refractivity contribution in [3.05, 3.63) is 35.9 Å². The highest BCUT2D eigenvalue weighted by Crippen LogP contribution is 2.21. The Bertz CT molecular complexity index is 533. The van der Waals surface area contributed by atoms with Gasteiger partial charge in [-0.1, -0.05) is 6.07 Å². The first kappa shape index (κ1) is 11.3. The van der Waals surface area contributed by atoms with E-state index in [1.165, 1.54) is 16.9 Å². The van der Waals surface area contributed by atoms with E-state index in [1.54, 1.807) is 12.1 Å². The number of hydrogen-bond acceptors (Lipinski definition) is 4. The molecule has 1 aliphatic rings. The van der Waals surface area contributed by atoms with Crippen LogP contribution in [0.3, 0.4) is 0 Å². The minimum atomic E-state index is -0.298. The molecule has 94 valence electrons. The average molecular weight is 247 g/mol. The van der Waals surface area contributed by atoms with Gasteiger partial charge in [-0.15, -0.1) is 15.0 Å². The summed E-state index contributed by atoms with van der Waals surface area (Å²) in [7, 11) is 0. The zero-order valence-electron chi connectivity index (χ0n) is 9.88. The van der Waals surface area contributed by atoms with Gasteiger partial charge >= 0.3 is 0 Å². The molecule has 0 amide bonds. The van der Waals surface area contributed by atoms with E-state index in [0.717, 1.165) is 31.8 Å². The monoisotopic (exact) mass is 247 g/mol. The minimum Gasteiger partial charge on any atom is -0.317 e. The largest absolute Gasteiger partial charge is 0.317 e. The van der Waals surface area contributed by atoms with Gasteiger partial charge in [0, 0.05) is 12.0 Å². The van der Waals surface area contributed by atoms with E-state index in [9.17, 15) is 4.39 Å². The zero-order valence-corrected chi connectivity index (χ0v) is 9.88. The van der Waals surface area contributed by atoms with Crippen molar-refractivity contribution in [2.24, 2.45) is 0 Å². The van der Waals surface area contributed by atoms with Crippen molar-refractivity contribution >= 4 is 0 Å². The van der Waals surface area contributed by atoms with E-state index in [1.807, 2.05) is 0 Å². The molecule has 1 aromatic carbocycles. The van der Waals surface area contributed by atoms with Gasteiger partial charge in [0.1, 0.15) is 5.82 Å². The fourth-order valence-electron chi connectivity index (χ4n) is 2.18. The Hall–Kier alpha value is -1.82. The molecule has 0 atom stereocenters. The van der Waals surface area contributed by atoms with Gasteiger partial charge in [0.2, 0.25) is 0 Å². The standard InChI is InChI=1S/C12H14FN5/c13-10-2-1-3-11(8-10)18-16-12(15-17-18)9-4-6-14-7-5-9/h1-3,8-9,14H,4-7H2. The first-order valence-corrected chi connectivity index (χ1v) is 6.09. The fraction of sp³-hybridized carbons (Fsp3) is 0.417. The number of rotatable bonds is 2. The number of aromatic nitrogens is 4. The van der Waals surface area contributed by atoms with Crippen LogP contribution < -0.4 is 5.32 Å². The highest BCUT2D eigenvalue weighted by molar-refractivity contribution is 5.29. The molecule has 0 bridgehead atoms. The summed E-state index contributed by atoms with van der Waals surface area (Å²) in [6, 6.07) is 6.19. The Morgan fingerprint density at radius 2 is 2.11 bits per heavy atom. The van der Waals surface area contributed by atoms with Crippen LogP contribution in [0.25, 0.3) is 5.69 Å². The lowest BCUT2D eigenvalue weighted by Gasteiger charge is -2.18. The van der Waals surface area contributed by atoms with Crippen molar-refractivity contribution < 1.29 is 4.39 Å². The second-order valence-electron chi connectivity index (χ2n) is 4.44. The lowest BCUT2D eigenvalue weighted by atomic mass is 9.98. The van der Waals surface area contributed by atoms with Crippen LogP contribution in [0.4, 0.5) is 4.39 Å². The predicted molar refractivity (Wildman–Crippen MR) is 64.0 cm³/mol. The quantitative estimate of drug-likeness (QED) is 0.868. The van der Waals surface area contributed by atoms with Crippen LogP contribution >= 0.6 is 0 Å². The molecule has 0 saturated carbocycles. The number of nitrogens with zero attached hydrogens (tertiary/aromatic N) is 4. The van der Waals surface area contributed by atoms with E-state index in [4.69, 9.17) is 0 Å². The molecule has 1 saturated heterocycles. The molecule has 1 N–H and O–H groups in total. The van der Waals surface area contributed by atoms with Crippen LogP contribution in [-0.2, 0) is 0 Å². The molecule has 5 nitrogen and oxygen atoms in total. The number of benzene rings is 1. The summed E-state index contributed by atoms with van der Waals surface area (Å²) in [6.07, 6.45) is 2.05. The van der Waals surface area contributed by atoms with Crippen LogP contribution in [0.15, 0.2) is 24.3 Å². The highest BCUT2D eigenvalue weighted by Gasteiger charge is 2.20. The zero-order chi connectivity index (χ0) is 12.4. The molecule has 2 aromatic rings. The third-order valence-corrected chi connectivity index (χ3v) is 3.17. The topological polar surface area (TPSA) is 55.6 Å². The summed E-state index contributed by atoms with van der Waals surface area (Å²) >= 11 is 0. The lowest BCUT2D eigenvalue weighted by molar-refractivity contribution is 0.444. The highest BCUT2D eigenvalue weighted by atomic mass is 19.1. The molecular weight excluding hydrogens is 233 g/mol. The van der Waals surface area contributed by atoms with Gasteiger partial charge in [-0.05, 0) is 43.3 Å². The van der Waals surface area contributed by atoms with E-state index < -0.39 is 0 Å². The smallest absolute Gasteiger partial charge is 0.178 e. The van der Waals surface area contributed by atoms with Gasteiger partial charge in [-0.3, -0.25) is 0 Å². The summed E-state index contributed by atoms with van der Waals surface area (Å²) in [4.78, 5) is 1.39. The fourth-order valence-corrected chi connectivity index (χ4v) is 2.18. The van der Waals surface area contributed by atoms with E-state index in [2.05, 4.69) is 20.7 Å². The van der Waals surface area contributed by atoms with Crippen molar-refractivity contribution in [3.63, 3.8) is 0 Å². The molecule has 1 fully saturated rings. The number of piperidine rings is 1. The Morgan fingerprint density at radius 1 is 1.28 bits per heavy atom. The molecule has 0 unspecified atom stereocenters. The molecule has 1 aliphatic heterocycles. The van der Waals surface area contributed by atoms with E-state index in [0.29, 0.717) is 11.6 Å². The Kier molecular flexibility index (Phi) is 3.02. The molecular formula is C12H14FN5. The average Bonchev–Trinajstić information content (AvgIpc) is 2.89. The summed E-state index contributed by atoms with van der Waals surface area (Å²) in [5, 5.41) is 15.7. The second kappa shape index (κ2) is 4.81. The summed E-state index contributed by atoms with van der Waals surface area (Å²) in [5.41, 5.74) is 0.600. The number of halogens is 1. The van der Waals surface area contributed by atoms with Gasteiger partial charge in [0.25, 0.3) is 0 Å². The maximum Gasteiger partial charge on any atom is 0.178 e. The van der Waals surface area contributed by atoms with Crippen molar-refractivity contribution in [2.45, 2.75) is 18.8 Å². The number of nitrogens with one attached hydrogen (secondary N) is 1. The van der Waals surface area contributed by atoms with Gasteiger partial charge < -0.3 is 5.32 Å². The molecule has 0 spiro atoms. The van der Waals surface area contributed by atoms with Crippen LogP contribution in [0.5, 0.6) is 0 Å². The second-order valence-corrected chi connectivity index (χ2v) is 4.44. The van der Waals surface area contributed by atoms with Crippen molar-refractivity contribution in [2.75, 3.05) is 13.1 Å². The SMILES string of the molecule is Fc1cccc(-n2nnc(C3CCNCC3)n2)c1. The number of tetrazole rings is 1. The molecule has 0 radical (unpaired) electrons. The van der Waals surface area contributed by atoms with Crippen molar-refractivity contribution in [1.82, 2.24) is 25.5 Å². The Morgan fingerprint density at radius 3 is 2.89 bits per heavy atom. The molecule has 2 heterocycles. The molecule has 0 aliphatic carbocycles. The lowest BCUT2D eigenvalue weighted by Crippen LogP contribution is -2.27. The Balaban J connectivity index is 1.84. The first-order valence-electron chi connectivity index (χ1n) is 6.09. The van der Waals surface area contributed by atoms with Crippen LogP contribution in [0.2, 0.25) is 0 Å². The van der Waals surface area contributed by atoms with Crippen LogP contribution in [0.1, 0.15) is 24.6 Å². The van der Waals surface area contributed by atoms with Gasteiger partial charge in [-0.2, -0.15) is 0 Å². The van der Waals surface area contributed by atoms with E-state index in [-0.39, 0.29) is 5.82 Å². The Labute approximate surface area is 104 Å². The minimum absolute atomic E-state index is 0.298. The van der Waals surface area contributed by atoms with Gasteiger partial charge in [0.15, 0.2) is 5.82 Å². The molecule has 3 rings (SSSR count). The van der Waals surface area contributed by atoms with Gasteiger partial charge in [-0.25, -0.2) is 4.39 Å². The predicted octanol–water partition coefficient (Wildman–Crippen LogP) is 1.27. The van der Waals surface area contributed by atoms with Crippen molar-refractivity contribution in [3.8, 4) is 5.69 Å².